The van der Waals surface area contributed by atoms with Gasteiger partial charge in [-0.2, -0.15) is 0 Å². The van der Waals surface area contributed by atoms with Crippen LogP contribution in [0.15, 0.2) is 24.3 Å². The molecule has 9 nitrogen and oxygen atoms in total. The molecule has 0 aromatic carbocycles. The van der Waals surface area contributed by atoms with Crippen LogP contribution in [0.3, 0.4) is 0 Å². The van der Waals surface area contributed by atoms with E-state index < -0.39 is 20.0 Å². The normalized spacial score (nSPS) is 13.9. The number of nitrogens with zero attached hydrogens (tertiary/aromatic N) is 1. The van der Waals surface area contributed by atoms with Gasteiger partial charge in [0.15, 0.2) is 0 Å². The number of allylic oxidation sites excluding steroid dienone is 3. The van der Waals surface area contributed by atoms with Crippen LogP contribution >= 0.6 is 7.82 Å². The number of hydrogen-bond acceptors (Lipinski definition) is 7. The molecule has 0 aliphatic rings. The molecular weight excluding hydrogens is 880 g/mol. The largest absolute Gasteiger partial charge is 0.756 e. The Morgan fingerprint density at radius 3 is 1.23 bits per heavy atom. The van der Waals surface area contributed by atoms with Crippen molar-refractivity contribution in [1.82, 2.24) is 5.32 Å². The Bertz CT molecular complexity index is 1240. The summed E-state index contributed by atoms with van der Waals surface area (Å²) in [5.74, 6) is -0.533. The van der Waals surface area contributed by atoms with Gasteiger partial charge < -0.3 is 28.5 Å². The van der Waals surface area contributed by atoms with E-state index in [1.165, 1.54) is 186 Å². The minimum Gasteiger partial charge on any atom is -0.756 e. The number of phosphoric ester groups is 1. The number of ether oxygens (including phenoxy) is 1. The van der Waals surface area contributed by atoms with Crippen LogP contribution in [0.2, 0.25) is 0 Å². The molecule has 1 amide bonds. The van der Waals surface area contributed by atoms with E-state index in [2.05, 4.69) is 38.2 Å². The van der Waals surface area contributed by atoms with Crippen molar-refractivity contribution in [1.29, 1.82) is 0 Å². The number of carbonyl (C=O) groups excluding carboxylic acids is 2. The zero-order chi connectivity index (χ0) is 50.8. The van der Waals surface area contributed by atoms with E-state index in [1.54, 1.807) is 0 Å². The molecule has 0 saturated heterocycles. The van der Waals surface area contributed by atoms with Crippen LogP contribution in [-0.2, 0) is 27.9 Å². The van der Waals surface area contributed by atoms with Gasteiger partial charge in [0.1, 0.15) is 19.3 Å². The predicted octanol–water partition coefficient (Wildman–Crippen LogP) is 17.1. The summed E-state index contributed by atoms with van der Waals surface area (Å²) in [6, 6.07) is -0.884. The Kier molecular flexibility index (Phi) is 48.9. The summed E-state index contributed by atoms with van der Waals surface area (Å²) in [4.78, 5) is 39.9. The molecule has 0 aromatic heterocycles. The quantitative estimate of drug-likeness (QED) is 0.0212. The minimum atomic E-state index is -4.69. The van der Waals surface area contributed by atoms with E-state index in [1.807, 2.05) is 33.3 Å². The Morgan fingerprint density at radius 2 is 0.841 bits per heavy atom. The number of hydrogen-bond donors (Lipinski definition) is 1. The number of carbonyl (C=O) groups is 2. The molecule has 0 saturated carbocycles. The van der Waals surface area contributed by atoms with Crippen molar-refractivity contribution in [2.24, 2.45) is 0 Å². The maximum Gasteiger partial charge on any atom is 0.306 e. The molecule has 10 heteroatoms. The van der Waals surface area contributed by atoms with Crippen LogP contribution in [0.1, 0.15) is 290 Å². The third-order valence-electron chi connectivity index (χ3n) is 13.4. The first-order chi connectivity index (χ1) is 33.4. The first-order valence-electron chi connectivity index (χ1n) is 29.6. The van der Waals surface area contributed by atoms with Crippen molar-refractivity contribution in [2.45, 2.75) is 303 Å². The molecule has 1 N–H and O–H groups in total. The second-order valence-corrected chi connectivity index (χ2v) is 22.9. The third kappa shape index (κ3) is 51.2. The standard InChI is InChI=1S/C59H115N2O7P/c1-7-10-13-16-19-22-25-28-29-30-31-34-36-39-42-45-48-51-58(62)60-56(55-67-69(64,65)66-54-53-61(4,5)6)57(50-47-44-41-38-35-32-26-23-20-17-14-11-8-2)68-59(63)52-49-46-43-40-37-33-27-24-21-18-15-12-9-3/h28-29,47,50,56-57H,7-27,30-46,48-49,51-55H2,1-6H3,(H-,60,62,64,65)/b29-28+,50-47+. The molecule has 69 heavy (non-hydrogen) atoms. The molecule has 0 bridgehead atoms. The number of quaternary nitrogens is 1. The topological polar surface area (TPSA) is 114 Å². The van der Waals surface area contributed by atoms with Crippen molar-refractivity contribution >= 4 is 19.7 Å². The van der Waals surface area contributed by atoms with Gasteiger partial charge in [0.2, 0.25) is 5.91 Å². The van der Waals surface area contributed by atoms with Crippen LogP contribution in [0.25, 0.3) is 0 Å². The Morgan fingerprint density at radius 1 is 0.493 bits per heavy atom. The molecule has 0 radical (unpaired) electrons. The highest BCUT2D eigenvalue weighted by Gasteiger charge is 2.27. The molecule has 0 spiro atoms. The van der Waals surface area contributed by atoms with Crippen LogP contribution in [-0.4, -0.2) is 69.4 Å². The summed E-state index contributed by atoms with van der Waals surface area (Å²) in [7, 11) is 1.19. The van der Waals surface area contributed by atoms with E-state index in [9.17, 15) is 19.0 Å². The number of phosphoric acid groups is 1. The molecule has 408 valence electrons. The molecule has 0 rings (SSSR count). The lowest BCUT2D eigenvalue weighted by Crippen LogP contribution is -2.47. The smallest absolute Gasteiger partial charge is 0.306 e. The number of nitrogens with one attached hydrogen (secondary N) is 1. The molecule has 0 aliphatic carbocycles. The Hall–Kier alpha value is -1.51. The molecule has 0 aliphatic heterocycles. The fraction of sp³-hybridized carbons (Fsp3) is 0.898. The van der Waals surface area contributed by atoms with Gasteiger partial charge in [-0.05, 0) is 57.4 Å². The second-order valence-electron chi connectivity index (χ2n) is 21.5. The SMILES string of the molecule is CCCCCCCC/C=C/CCCCCCCCCC(=O)NC(COP(=O)([O-])OCC[N+](C)(C)C)C(/C=C/CCCCCCCCCCCCC)OC(=O)CCCCCCCCCCCCCCC. The van der Waals surface area contributed by atoms with E-state index in [4.69, 9.17) is 13.8 Å². The summed E-state index contributed by atoms with van der Waals surface area (Å²) < 4.78 is 30.3. The zero-order valence-electron chi connectivity index (χ0n) is 46.5. The Labute approximate surface area is 428 Å². The summed E-state index contributed by atoms with van der Waals surface area (Å²) in [6.45, 7) is 6.86. The fourth-order valence-electron chi connectivity index (χ4n) is 8.75. The second kappa shape index (κ2) is 50.0. The monoisotopic (exact) mass is 995 g/mol. The highest BCUT2D eigenvalue weighted by Crippen LogP contribution is 2.38. The number of amides is 1. The van der Waals surface area contributed by atoms with Crippen LogP contribution in [0.5, 0.6) is 0 Å². The summed E-state index contributed by atoms with van der Waals surface area (Å²) in [6.07, 6.45) is 57.0. The van der Waals surface area contributed by atoms with E-state index >= 15 is 0 Å². The van der Waals surface area contributed by atoms with Gasteiger partial charge in [-0.3, -0.25) is 14.2 Å². The zero-order valence-corrected chi connectivity index (χ0v) is 47.4. The molecule has 0 aromatic rings. The molecule has 0 fully saturated rings. The molecular formula is C59H115N2O7P. The van der Waals surface area contributed by atoms with Crippen molar-refractivity contribution in [3.8, 4) is 0 Å². The lowest BCUT2D eigenvalue weighted by atomic mass is 10.0. The van der Waals surface area contributed by atoms with E-state index in [0.717, 1.165) is 70.6 Å². The first kappa shape index (κ1) is 67.5. The van der Waals surface area contributed by atoms with Crippen LogP contribution in [0.4, 0.5) is 0 Å². The predicted molar refractivity (Wildman–Crippen MR) is 293 cm³/mol. The molecule has 0 heterocycles. The van der Waals surface area contributed by atoms with E-state index in [0.29, 0.717) is 17.4 Å². The number of esters is 1. The van der Waals surface area contributed by atoms with Gasteiger partial charge in [-0.15, -0.1) is 0 Å². The van der Waals surface area contributed by atoms with Crippen molar-refractivity contribution in [2.75, 3.05) is 40.9 Å². The van der Waals surface area contributed by atoms with Gasteiger partial charge in [0.05, 0.1) is 33.8 Å². The summed E-state index contributed by atoms with van der Waals surface area (Å²) >= 11 is 0. The van der Waals surface area contributed by atoms with E-state index in [-0.39, 0.29) is 31.5 Å². The molecule has 3 unspecified atom stereocenters. The van der Waals surface area contributed by atoms with Gasteiger partial charge in [-0.1, -0.05) is 244 Å². The number of rotatable bonds is 54. The number of likely N-dealkylation sites (N-methyl/N-ethyl adjacent to an activating group) is 1. The average molecular weight is 996 g/mol. The van der Waals surface area contributed by atoms with Crippen molar-refractivity contribution in [3.63, 3.8) is 0 Å². The summed E-state index contributed by atoms with van der Waals surface area (Å²) in [5, 5.41) is 3.03. The average Bonchev–Trinajstić information content (AvgIpc) is 3.31. The van der Waals surface area contributed by atoms with Crippen molar-refractivity contribution in [3.05, 3.63) is 24.3 Å². The maximum absolute atomic E-state index is 13.5. The van der Waals surface area contributed by atoms with Crippen LogP contribution < -0.4 is 10.2 Å². The lowest BCUT2D eigenvalue weighted by molar-refractivity contribution is -0.870. The Balaban J connectivity index is 5.32. The van der Waals surface area contributed by atoms with Crippen LogP contribution in [0, 0.1) is 0 Å². The molecule has 3 atom stereocenters. The highest BCUT2D eigenvalue weighted by molar-refractivity contribution is 7.45. The maximum atomic E-state index is 13.5. The fourth-order valence-corrected chi connectivity index (χ4v) is 9.48. The minimum absolute atomic E-state index is 0.0198. The number of unbranched alkanes of at least 4 members (excludes halogenated alkanes) is 36. The first-order valence-corrected chi connectivity index (χ1v) is 31.1. The van der Waals surface area contributed by atoms with Gasteiger partial charge in [-0.25, -0.2) is 0 Å². The summed E-state index contributed by atoms with van der Waals surface area (Å²) in [5.41, 5.74) is 0. The van der Waals surface area contributed by atoms with Crippen molar-refractivity contribution < 1.29 is 37.3 Å². The van der Waals surface area contributed by atoms with Gasteiger partial charge in [0, 0.05) is 12.8 Å². The van der Waals surface area contributed by atoms with Gasteiger partial charge >= 0.3 is 5.97 Å². The highest BCUT2D eigenvalue weighted by atomic mass is 31.2. The van der Waals surface area contributed by atoms with Gasteiger partial charge in [0.25, 0.3) is 7.82 Å². The lowest BCUT2D eigenvalue weighted by Gasteiger charge is -2.30. The third-order valence-corrected chi connectivity index (χ3v) is 14.3.